The van der Waals surface area contributed by atoms with Gasteiger partial charge in [0.2, 0.25) is 5.95 Å². The summed E-state index contributed by atoms with van der Waals surface area (Å²) in [6, 6.07) is 202. The van der Waals surface area contributed by atoms with Crippen LogP contribution in [0.1, 0.15) is 7.43 Å². The molecule has 0 unspecified atom stereocenters. The normalized spacial score (nSPS) is 11.4. The molecule has 0 saturated carbocycles. The van der Waals surface area contributed by atoms with Crippen molar-refractivity contribution in [3.63, 3.8) is 0 Å². The molecule has 0 radical (unpaired) electrons. The Balaban J connectivity index is 0.000000122. The maximum absolute atomic E-state index is 5.10. The number of aromatic nitrogens is 12. The lowest BCUT2D eigenvalue weighted by Crippen LogP contribution is -2.74. The van der Waals surface area contributed by atoms with Crippen molar-refractivity contribution in [3.8, 4) is 120 Å². The van der Waals surface area contributed by atoms with E-state index in [9.17, 15) is 0 Å². The van der Waals surface area contributed by atoms with Crippen molar-refractivity contribution < 1.29 is 0 Å². The van der Waals surface area contributed by atoms with E-state index >= 15 is 0 Å². The van der Waals surface area contributed by atoms with Crippen LogP contribution in [-0.4, -0.2) is 74.7 Å². The first-order chi connectivity index (χ1) is 73.9. The molecule has 0 aliphatic rings. The average Bonchev–Trinajstić information content (AvgIpc) is 1.48. The molecule has 27 rings (SSSR count). The highest BCUT2D eigenvalue weighted by atomic mass is 28.3. The Morgan fingerprint density at radius 3 is 0.627 bits per heavy atom. The average molecular weight is 1960 g/mol. The van der Waals surface area contributed by atoms with E-state index in [1.165, 1.54) is 85.2 Å². The standard InChI is InChI=1S/2C51H36N4Si.C33H22N4.CH4/c1-6-18-38(19-7-1)49-52-50(39-20-8-2-9-21-39)54-51(53-49)55-47-29-17-16-28-45(47)46-36-40(32-35-48(46)55)37-30-33-44(34-31-37)56(41-22-10-3-11-23-41,42-24-12-4-13-25-42)43-26-14-5-15-27-43;1-6-18-37(19-7-1)49-52-50(38-20-8-2-9-21-38)54-51(53-49)39-30-32-40(33-31-39)55-47-29-17-16-28-45(47)46-35-34-44(36-48(46)55)56(41-22-10-3-11-23-41,42-24-12-4-13-25-42)43-26-14-5-15-27-43;1-3-11-23(12-4-1)31-34-32(24-13-5-2-6-14-24)36-33(35-31)25-19-21-26(22-20-25)37-29-17-9-7-15-27(29)28-16-8-10-18-30(28)37;/h2*1-36H;1-22H;1H4. The van der Waals surface area contributed by atoms with E-state index in [2.05, 4.69) is 402 Å². The van der Waals surface area contributed by atoms with Gasteiger partial charge in [-0.25, -0.2) is 34.9 Å². The van der Waals surface area contributed by atoms with E-state index in [0.29, 0.717) is 52.5 Å². The fourth-order valence-corrected chi connectivity index (χ4v) is 30.9. The van der Waals surface area contributed by atoms with Crippen LogP contribution in [0.2, 0.25) is 0 Å². The van der Waals surface area contributed by atoms with E-state index in [4.69, 9.17) is 44.9 Å². The number of hydrogen-bond donors (Lipinski definition) is 0. The molecular formula is C136H98N12Si2. The van der Waals surface area contributed by atoms with Crippen LogP contribution in [-0.2, 0) is 0 Å². The highest BCUT2D eigenvalue weighted by Gasteiger charge is 2.43. The number of rotatable bonds is 20. The van der Waals surface area contributed by atoms with Crippen LogP contribution in [0.25, 0.3) is 185 Å². The Morgan fingerprint density at radius 1 is 0.127 bits per heavy atom. The fraction of sp³-hybridized carbons (Fsp3) is 0.00735. The van der Waals surface area contributed by atoms with E-state index in [1.807, 2.05) is 182 Å². The van der Waals surface area contributed by atoms with E-state index in [-0.39, 0.29) is 7.43 Å². The topological polar surface area (TPSA) is 131 Å². The number of benzene rings is 21. The lowest BCUT2D eigenvalue weighted by atomic mass is 10.0. The van der Waals surface area contributed by atoms with E-state index < -0.39 is 16.1 Å². The molecule has 27 aromatic rings. The molecule has 0 fully saturated rings. The van der Waals surface area contributed by atoms with Crippen LogP contribution in [0.5, 0.6) is 0 Å². The van der Waals surface area contributed by atoms with Gasteiger partial charge in [0.25, 0.3) is 0 Å². The van der Waals surface area contributed by atoms with Gasteiger partial charge in [0.05, 0.1) is 33.1 Å². The number of nitrogens with zero attached hydrogens (tertiary/aromatic N) is 12. The minimum absolute atomic E-state index is 0. The summed E-state index contributed by atoms with van der Waals surface area (Å²) in [6.45, 7) is 0. The van der Waals surface area contributed by atoms with Gasteiger partial charge < -0.3 is 9.13 Å². The SMILES string of the molecule is C.c1ccc(-c2nc(-c3ccccc3)nc(-c3ccc(-n4c5ccccc5c5ccc([Si](c6ccccc6)(c6ccccc6)c6ccccc6)cc54)cc3)n2)cc1.c1ccc(-c2nc(-c3ccccc3)nc(-c3ccc(-n4c5ccccc5c5ccccc54)cc3)n2)cc1.c1ccc(-c2nc(-c3ccccc3)nc(-n3c4ccccc4c4cc(-c5ccc([Si](c6ccccc6)(c6ccccc6)c6ccccc6)cc5)ccc43)n2)cc1. The molecule has 6 heterocycles. The second kappa shape index (κ2) is 41.3. The van der Waals surface area contributed by atoms with Crippen molar-refractivity contribution >= 4 is 123 Å². The fourth-order valence-electron chi connectivity index (χ4n) is 21.4. The first-order valence-corrected chi connectivity index (χ1v) is 54.2. The predicted octanol–water partition coefficient (Wildman–Crippen LogP) is 27.3. The maximum Gasteiger partial charge on any atom is 0.238 e. The van der Waals surface area contributed by atoms with Crippen molar-refractivity contribution in [2.24, 2.45) is 0 Å². The molecule has 710 valence electrons. The van der Waals surface area contributed by atoms with Crippen molar-refractivity contribution in [2.75, 3.05) is 0 Å². The zero-order valence-electron chi connectivity index (χ0n) is 81.1. The highest BCUT2D eigenvalue weighted by molar-refractivity contribution is 7.20. The second-order valence-electron chi connectivity index (χ2n) is 37.0. The largest absolute Gasteiger partial charge is 0.309 e. The quantitative estimate of drug-likeness (QED) is 0.0541. The van der Waals surface area contributed by atoms with Crippen LogP contribution < -0.4 is 41.5 Å². The smallest absolute Gasteiger partial charge is 0.238 e. The van der Waals surface area contributed by atoms with Crippen LogP contribution in [0.4, 0.5) is 0 Å². The second-order valence-corrected chi connectivity index (χ2v) is 44.6. The number of fused-ring (bicyclic) bond motifs is 9. The molecule has 0 atom stereocenters. The number of hydrogen-bond acceptors (Lipinski definition) is 9. The van der Waals surface area contributed by atoms with Crippen molar-refractivity contribution in [3.05, 3.63) is 570 Å². The van der Waals surface area contributed by atoms with Crippen LogP contribution in [0, 0.1) is 0 Å². The highest BCUT2D eigenvalue weighted by Crippen LogP contribution is 2.40. The summed E-state index contributed by atoms with van der Waals surface area (Å²) in [7, 11) is -5.36. The summed E-state index contributed by atoms with van der Waals surface area (Å²) >= 11 is 0. The lowest BCUT2D eigenvalue weighted by Gasteiger charge is -2.34. The Morgan fingerprint density at radius 2 is 0.327 bits per heavy atom. The van der Waals surface area contributed by atoms with Gasteiger partial charge in [0, 0.05) is 88.2 Å². The van der Waals surface area contributed by atoms with Gasteiger partial charge in [-0.2, -0.15) is 9.97 Å². The van der Waals surface area contributed by atoms with Crippen molar-refractivity contribution in [1.82, 2.24) is 58.6 Å². The zero-order valence-corrected chi connectivity index (χ0v) is 83.1. The zero-order chi connectivity index (χ0) is 99.2. The first-order valence-electron chi connectivity index (χ1n) is 50.2. The molecule has 150 heavy (non-hydrogen) atoms. The third-order valence-electron chi connectivity index (χ3n) is 28.3. The molecule has 0 amide bonds. The molecule has 0 N–H and O–H groups in total. The van der Waals surface area contributed by atoms with Crippen LogP contribution in [0.3, 0.4) is 0 Å². The molecular weight excluding hydrogens is 1860 g/mol. The summed E-state index contributed by atoms with van der Waals surface area (Å²) in [5.41, 5.74) is 18.9. The Bertz CT molecular complexity index is 9020. The van der Waals surface area contributed by atoms with Crippen molar-refractivity contribution in [1.29, 1.82) is 0 Å². The minimum Gasteiger partial charge on any atom is -0.309 e. The first kappa shape index (κ1) is 92.9. The number of para-hydroxylation sites is 4. The monoisotopic (exact) mass is 1950 g/mol. The molecule has 14 heteroatoms. The molecule has 0 aliphatic carbocycles. The van der Waals surface area contributed by atoms with Gasteiger partial charge in [0.1, 0.15) is 0 Å². The van der Waals surface area contributed by atoms with Gasteiger partial charge in [-0.3, -0.25) is 4.57 Å². The minimum atomic E-state index is -2.75. The van der Waals surface area contributed by atoms with Crippen LogP contribution >= 0.6 is 0 Å². The third kappa shape index (κ3) is 17.6. The molecule has 12 nitrogen and oxygen atoms in total. The van der Waals surface area contributed by atoms with Gasteiger partial charge in [-0.1, -0.05) is 487 Å². The van der Waals surface area contributed by atoms with Crippen molar-refractivity contribution in [2.45, 2.75) is 7.43 Å². The molecule has 0 saturated heterocycles. The van der Waals surface area contributed by atoms with Gasteiger partial charge in [0.15, 0.2) is 62.7 Å². The summed E-state index contributed by atoms with van der Waals surface area (Å²) in [4.78, 5) is 44.6. The summed E-state index contributed by atoms with van der Waals surface area (Å²) < 4.78 is 6.90. The van der Waals surface area contributed by atoms with Gasteiger partial charge >= 0.3 is 0 Å². The summed E-state index contributed by atoms with van der Waals surface area (Å²) in [6.07, 6.45) is 0. The van der Waals surface area contributed by atoms with E-state index in [0.717, 1.165) is 88.8 Å². The molecule has 21 aromatic carbocycles. The van der Waals surface area contributed by atoms with Gasteiger partial charge in [-0.15, -0.1) is 0 Å². The molecule has 0 spiro atoms. The predicted molar refractivity (Wildman–Crippen MR) is 625 cm³/mol. The Kier molecular flexibility index (Phi) is 25.6. The Labute approximate surface area is 872 Å². The van der Waals surface area contributed by atoms with Gasteiger partial charge in [-0.05, 0) is 144 Å². The van der Waals surface area contributed by atoms with Crippen LogP contribution in [0.15, 0.2) is 570 Å². The summed E-state index contributed by atoms with van der Waals surface area (Å²) in [5.74, 6) is 5.78. The van der Waals surface area contributed by atoms with E-state index in [1.54, 1.807) is 0 Å². The maximum atomic E-state index is 5.10. The Hall–Kier alpha value is -19.5. The molecule has 0 aliphatic heterocycles. The third-order valence-corrected chi connectivity index (χ3v) is 37.9. The summed E-state index contributed by atoms with van der Waals surface area (Å²) in [5, 5.41) is 18.1. The molecule has 0 bridgehead atoms. The lowest BCUT2D eigenvalue weighted by molar-refractivity contribution is 0.953. The molecule has 6 aromatic heterocycles.